The summed E-state index contributed by atoms with van der Waals surface area (Å²) in [6.45, 7) is 1.04. The Labute approximate surface area is 107 Å². The predicted molar refractivity (Wildman–Crippen MR) is 71.8 cm³/mol. The summed E-state index contributed by atoms with van der Waals surface area (Å²) in [6.07, 6.45) is 6.91. The molecule has 1 aromatic heterocycles. The first-order valence-corrected chi connectivity index (χ1v) is 6.49. The van der Waals surface area contributed by atoms with Gasteiger partial charge in [0.1, 0.15) is 12.0 Å². The van der Waals surface area contributed by atoms with Gasteiger partial charge in [-0.05, 0) is 18.8 Å². The first kappa shape index (κ1) is 12.4. The second kappa shape index (κ2) is 5.54. The lowest BCUT2D eigenvalue weighted by Crippen LogP contribution is -2.25. The van der Waals surface area contributed by atoms with Crippen LogP contribution in [0.15, 0.2) is 6.33 Å². The highest BCUT2D eigenvalue weighted by Gasteiger charge is 2.19. The third-order valence-electron chi connectivity index (χ3n) is 3.40. The maximum absolute atomic E-state index is 6.05. The van der Waals surface area contributed by atoms with Crippen molar-refractivity contribution in [2.45, 2.75) is 25.7 Å². The zero-order chi connectivity index (χ0) is 12.3. The van der Waals surface area contributed by atoms with Crippen LogP contribution in [-0.2, 0) is 0 Å². The van der Waals surface area contributed by atoms with Crippen molar-refractivity contribution in [2.75, 3.05) is 30.9 Å². The van der Waals surface area contributed by atoms with Gasteiger partial charge in [0.2, 0.25) is 0 Å². The molecule has 1 aliphatic rings. The molecule has 1 saturated carbocycles. The highest BCUT2D eigenvalue weighted by molar-refractivity contribution is 6.32. The van der Waals surface area contributed by atoms with Crippen LogP contribution in [0.25, 0.3) is 0 Å². The largest absolute Gasteiger partial charge is 0.383 e. The normalized spacial score (nSPS) is 16.2. The number of nitrogens with zero attached hydrogens (tertiary/aromatic N) is 3. The lowest BCUT2D eigenvalue weighted by Gasteiger charge is -2.24. The maximum Gasteiger partial charge on any atom is 0.157 e. The summed E-state index contributed by atoms with van der Waals surface area (Å²) in [5.74, 6) is 1.68. The molecule has 1 aromatic rings. The molecule has 2 rings (SSSR count). The SMILES string of the molecule is CNc1c(Cl)ncnc1N(C)CC1CCCC1. The maximum atomic E-state index is 6.05. The minimum absolute atomic E-state index is 0.482. The van der Waals surface area contributed by atoms with E-state index in [-0.39, 0.29) is 0 Å². The Morgan fingerprint density at radius 3 is 2.76 bits per heavy atom. The van der Waals surface area contributed by atoms with E-state index in [1.165, 1.54) is 32.0 Å². The molecule has 0 aliphatic heterocycles. The third-order valence-corrected chi connectivity index (χ3v) is 3.69. The van der Waals surface area contributed by atoms with Crippen LogP contribution in [0.2, 0.25) is 5.15 Å². The van der Waals surface area contributed by atoms with Gasteiger partial charge in [-0.25, -0.2) is 9.97 Å². The average Bonchev–Trinajstić information content (AvgIpc) is 2.81. The smallest absolute Gasteiger partial charge is 0.157 e. The molecule has 94 valence electrons. The Balaban J connectivity index is 2.12. The lowest BCUT2D eigenvalue weighted by atomic mass is 10.1. The van der Waals surface area contributed by atoms with Gasteiger partial charge in [-0.2, -0.15) is 0 Å². The summed E-state index contributed by atoms with van der Waals surface area (Å²) in [5.41, 5.74) is 0.815. The summed E-state index contributed by atoms with van der Waals surface area (Å²) in [6, 6.07) is 0. The minimum Gasteiger partial charge on any atom is -0.383 e. The standard InChI is InChI=1S/C12H19ClN4/c1-14-10-11(13)15-8-16-12(10)17(2)7-9-5-3-4-6-9/h8-9,14H,3-7H2,1-2H3. The topological polar surface area (TPSA) is 41.1 Å². The van der Waals surface area contributed by atoms with E-state index in [4.69, 9.17) is 11.6 Å². The molecule has 0 bridgehead atoms. The Morgan fingerprint density at radius 1 is 1.41 bits per heavy atom. The molecule has 1 heterocycles. The second-order valence-corrected chi connectivity index (χ2v) is 5.00. The van der Waals surface area contributed by atoms with E-state index >= 15 is 0 Å². The average molecular weight is 255 g/mol. The Bertz CT molecular complexity index is 377. The first-order valence-electron chi connectivity index (χ1n) is 6.11. The van der Waals surface area contributed by atoms with E-state index in [2.05, 4.69) is 27.2 Å². The van der Waals surface area contributed by atoms with Crippen LogP contribution < -0.4 is 10.2 Å². The molecule has 0 atom stereocenters. The fraction of sp³-hybridized carbons (Fsp3) is 0.667. The van der Waals surface area contributed by atoms with Gasteiger partial charge < -0.3 is 10.2 Å². The van der Waals surface area contributed by atoms with Crippen molar-refractivity contribution >= 4 is 23.1 Å². The number of hydrogen-bond donors (Lipinski definition) is 1. The van der Waals surface area contributed by atoms with Crippen molar-refractivity contribution in [2.24, 2.45) is 5.92 Å². The van der Waals surface area contributed by atoms with Crippen molar-refractivity contribution in [1.82, 2.24) is 9.97 Å². The number of hydrogen-bond acceptors (Lipinski definition) is 4. The van der Waals surface area contributed by atoms with Crippen molar-refractivity contribution in [3.8, 4) is 0 Å². The molecule has 0 spiro atoms. The van der Waals surface area contributed by atoms with Crippen LogP contribution in [0.1, 0.15) is 25.7 Å². The van der Waals surface area contributed by atoms with E-state index in [0.717, 1.165) is 24.0 Å². The molecule has 0 radical (unpaired) electrons. The van der Waals surface area contributed by atoms with Gasteiger partial charge in [0.15, 0.2) is 11.0 Å². The van der Waals surface area contributed by atoms with Crippen molar-refractivity contribution in [1.29, 1.82) is 0 Å². The highest BCUT2D eigenvalue weighted by Crippen LogP contribution is 2.31. The molecule has 0 aromatic carbocycles. The summed E-state index contributed by atoms with van der Waals surface area (Å²) in [5, 5.41) is 3.55. The van der Waals surface area contributed by atoms with Crippen LogP contribution in [-0.4, -0.2) is 30.6 Å². The Morgan fingerprint density at radius 2 is 2.12 bits per heavy atom. The second-order valence-electron chi connectivity index (χ2n) is 4.64. The van der Waals surface area contributed by atoms with E-state index in [9.17, 15) is 0 Å². The van der Waals surface area contributed by atoms with E-state index < -0.39 is 0 Å². The number of nitrogens with one attached hydrogen (secondary N) is 1. The molecule has 5 heteroatoms. The number of anilines is 2. The van der Waals surface area contributed by atoms with Gasteiger partial charge in [-0.3, -0.25) is 0 Å². The zero-order valence-corrected chi connectivity index (χ0v) is 11.2. The van der Waals surface area contributed by atoms with Crippen molar-refractivity contribution < 1.29 is 0 Å². The van der Waals surface area contributed by atoms with Gasteiger partial charge in [-0.1, -0.05) is 24.4 Å². The third kappa shape index (κ3) is 2.80. The molecule has 1 fully saturated rings. The van der Waals surface area contributed by atoms with E-state index in [0.29, 0.717) is 5.15 Å². The number of rotatable bonds is 4. The Kier molecular flexibility index (Phi) is 4.05. The first-order chi connectivity index (χ1) is 8.22. The molecule has 4 nitrogen and oxygen atoms in total. The quantitative estimate of drug-likeness (QED) is 0.839. The van der Waals surface area contributed by atoms with Gasteiger partial charge in [0.05, 0.1) is 0 Å². The predicted octanol–water partition coefficient (Wildman–Crippen LogP) is 2.80. The van der Waals surface area contributed by atoms with Gasteiger partial charge in [-0.15, -0.1) is 0 Å². The fourth-order valence-electron chi connectivity index (χ4n) is 2.53. The van der Waals surface area contributed by atoms with E-state index in [1.807, 2.05) is 7.05 Å². The van der Waals surface area contributed by atoms with Crippen LogP contribution >= 0.6 is 11.6 Å². The summed E-state index contributed by atoms with van der Waals surface area (Å²) < 4.78 is 0. The number of aromatic nitrogens is 2. The van der Waals surface area contributed by atoms with Crippen LogP contribution in [0.4, 0.5) is 11.5 Å². The van der Waals surface area contributed by atoms with E-state index in [1.54, 1.807) is 0 Å². The monoisotopic (exact) mass is 254 g/mol. The molecular formula is C12H19ClN4. The summed E-state index contributed by atoms with van der Waals surface area (Å²) in [7, 11) is 3.91. The zero-order valence-electron chi connectivity index (χ0n) is 10.4. The molecule has 0 unspecified atom stereocenters. The molecule has 1 N–H and O–H groups in total. The van der Waals surface area contributed by atoms with Crippen LogP contribution in [0.5, 0.6) is 0 Å². The van der Waals surface area contributed by atoms with Gasteiger partial charge >= 0.3 is 0 Å². The van der Waals surface area contributed by atoms with Crippen molar-refractivity contribution in [3.05, 3.63) is 11.5 Å². The minimum atomic E-state index is 0.482. The Hall–Kier alpha value is -1.03. The van der Waals surface area contributed by atoms with Gasteiger partial charge in [0.25, 0.3) is 0 Å². The van der Waals surface area contributed by atoms with Crippen LogP contribution in [0.3, 0.4) is 0 Å². The van der Waals surface area contributed by atoms with Crippen molar-refractivity contribution in [3.63, 3.8) is 0 Å². The molecule has 0 amide bonds. The molecule has 1 aliphatic carbocycles. The van der Waals surface area contributed by atoms with Gasteiger partial charge in [0, 0.05) is 20.6 Å². The summed E-state index contributed by atoms with van der Waals surface area (Å²) in [4.78, 5) is 10.5. The fourth-order valence-corrected chi connectivity index (χ4v) is 2.75. The summed E-state index contributed by atoms with van der Waals surface area (Å²) >= 11 is 6.05. The molecular weight excluding hydrogens is 236 g/mol. The number of halogens is 1. The lowest BCUT2D eigenvalue weighted by molar-refractivity contribution is 0.545. The molecule has 0 saturated heterocycles. The highest BCUT2D eigenvalue weighted by atomic mass is 35.5. The molecule has 17 heavy (non-hydrogen) atoms. The van der Waals surface area contributed by atoms with Crippen LogP contribution in [0, 0.1) is 5.92 Å².